The summed E-state index contributed by atoms with van der Waals surface area (Å²) < 4.78 is 1.42. The lowest BCUT2D eigenvalue weighted by Crippen LogP contribution is -2.15. The smallest absolute Gasteiger partial charge is 0.333 e. The van der Waals surface area contributed by atoms with Crippen molar-refractivity contribution >= 4 is 23.1 Å². The number of anilines is 1. The van der Waals surface area contributed by atoms with Gasteiger partial charge in [0.05, 0.1) is 11.0 Å². The molecule has 1 aromatic carbocycles. The standard InChI is InChI=1S/C14H17ClN4O3/c1-3-11-13(19(21)22)14(18(2)17-11)16-8-12(20)9-4-6-10(15)7-5-9/h4-7,12,16,20H,3,8H2,1-2H3. The fourth-order valence-corrected chi connectivity index (χ4v) is 2.32. The first-order chi connectivity index (χ1) is 10.4. The normalized spacial score (nSPS) is 12.2. The number of aryl methyl sites for hydroxylation is 2. The van der Waals surface area contributed by atoms with Crippen molar-refractivity contribution in [2.24, 2.45) is 7.05 Å². The second-order valence-corrected chi connectivity index (χ2v) is 5.26. The molecule has 1 aromatic heterocycles. The van der Waals surface area contributed by atoms with Gasteiger partial charge >= 0.3 is 5.69 Å². The van der Waals surface area contributed by atoms with E-state index in [1.807, 2.05) is 6.92 Å². The number of nitrogens with one attached hydrogen (secondary N) is 1. The van der Waals surface area contributed by atoms with Crippen LogP contribution in [0.15, 0.2) is 24.3 Å². The number of aliphatic hydroxyl groups is 1. The molecule has 0 aliphatic carbocycles. The van der Waals surface area contributed by atoms with Crippen molar-refractivity contribution in [2.45, 2.75) is 19.4 Å². The van der Waals surface area contributed by atoms with Crippen LogP contribution >= 0.6 is 11.6 Å². The zero-order chi connectivity index (χ0) is 16.3. The maximum Gasteiger partial charge on any atom is 0.333 e. The third kappa shape index (κ3) is 3.37. The van der Waals surface area contributed by atoms with E-state index in [1.165, 1.54) is 4.68 Å². The highest BCUT2D eigenvalue weighted by Gasteiger charge is 2.25. The molecule has 118 valence electrons. The zero-order valence-electron chi connectivity index (χ0n) is 12.3. The molecule has 1 heterocycles. The molecule has 0 radical (unpaired) electrons. The van der Waals surface area contributed by atoms with Gasteiger partial charge in [0.15, 0.2) is 0 Å². The Morgan fingerprint density at radius 3 is 2.64 bits per heavy atom. The Kier molecular flexibility index (Phi) is 4.99. The van der Waals surface area contributed by atoms with E-state index < -0.39 is 11.0 Å². The van der Waals surface area contributed by atoms with Crippen LogP contribution in [0.5, 0.6) is 0 Å². The van der Waals surface area contributed by atoms with Gasteiger partial charge in [-0.2, -0.15) is 5.10 Å². The topological polar surface area (TPSA) is 93.2 Å². The van der Waals surface area contributed by atoms with Gasteiger partial charge in [0, 0.05) is 18.6 Å². The van der Waals surface area contributed by atoms with E-state index in [-0.39, 0.29) is 18.1 Å². The van der Waals surface area contributed by atoms with Crippen molar-refractivity contribution in [3.63, 3.8) is 0 Å². The summed E-state index contributed by atoms with van der Waals surface area (Å²) in [4.78, 5) is 10.7. The lowest BCUT2D eigenvalue weighted by molar-refractivity contribution is -0.384. The van der Waals surface area contributed by atoms with Gasteiger partial charge in [-0.25, -0.2) is 4.68 Å². The van der Waals surface area contributed by atoms with Crippen LogP contribution in [0.2, 0.25) is 5.02 Å². The number of hydrogen-bond donors (Lipinski definition) is 2. The quantitative estimate of drug-likeness (QED) is 0.629. The number of benzene rings is 1. The maximum absolute atomic E-state index is 11.2. The first-order valence-corrected chi connectivity index (χ1v) is 7.19. The summed E-state index contributed by atoms with van der Waals surface area (Å²) in [5.41, 5.74) is 1.04. The van der Waals surface area contributed by atoms with Gasteiger partial charge in [0.2, 0.25) is 5.82 Å². The summed E-state index contributed by atoms with van der Waals surface area (Å²) in [6.45, 7) is 1.94. The fraction of sp³-hybridized carbons (Fsp3) is 0.357. The largest absolute Gasteiger partial charge is 0.387 e. The molecule has 2 rings (SSSR count). The van der Waals surface area contributed by atoms with Gasteiger partial charge in [-0.15, -0.1) is 0 Å². The number of aliphatic hydroxyl groups excluding tert-OH is 1. The van der Waals surface area contributed by atoms with Crippen LogP contribution < -0.4 is 5.32 Å². The monoisotopic (exact) mass is 324 g/mol. The predicted octanol–water partition coefficient (Wildman–Crippen LogP) is 2.69. The molecule has 0 aliphatic heterocycles. The molecule has 0 bridgehead atoms. The molecule has 0 aliphatic rings. The third-order valence-corrected chi connectivity index (χ3v) is 3.58. The molecular formula is C14H17ClN4O3. The summed E-state index contributed by atoms with van der Waals surface area (Å²) >= 11 is 5.80. The van der Waals surface area contributed by atoms with Crippen LogP contribution in [-0.4, -0.2) is 26.4 Å². The fourth-order valence-electron chi connectivity index (χ4n) is 2.19. The number of halogens is 1. The average Bonchev–Trinajstić information content (AvgIpc) is 2.81. The second kappa shape index (κ2) is 6.76. The Morgan fingerprint density at radius 1 is 1.45 bits per heavy atom. The highest BCUT2D eigenvalue weighted by molar-refractivity contribution is 6.30. The summed E-state index contributed by atoms with van der Waals surface area (Å²) in [6, 6.07) is 6.79. The summed E-state index contributed by atoms with van der Waals surface area (Å²) in [6.07, 6.45) is -0.345. The summed E-state index contributed by atoms with van der Waals surface area (Å²) in [5.74, 6) is 0.287. The minimum atomic E-state index is -0.808. The number of hydrogen-bond acceptors (Lipinski definition) is 5. The highest BCUT2D eigenvalue weighted by Crippen LogP contribution is 2.29. The van der Waals surface area contributed by atoms with Crippen LogP contribution in [0.3, 0.4) is 0 Å². The second-order valence-electron chi connectivity index (χ2n) is 4.83. The van der Waals surface area contributed by atoms with Crippen molar-refractivity contribution in [1.29, 1.82) is 0 Å². The van der Waals surface area contributed by atoms with Gasteiger partial charge < -0.3 is 10.4 Å². The van der Waals surface area contributed by atoms with Crippen molar-refractivity contribution in [3.8, 4) is 0 Å². The number of aromatic nitrogens is 2. The van der Waals surface area contributed by atoms with Gasteiger partial charge in [0.1, 0.15) is 5.69 Å². The van der Waals surface area contributed by atoms with Crippen molar-refractivity contribution < 1.29 is 10.0 Å². The van der Waals surface area contributed by atoms with E-state index in [0.717, 1.165) is 0 Å². The lowest BCUT2D eigenvalue weighted by atomic mass is 10.1. The molecule has 0 amide bonds. The highest BCUT2D eigenvalue weighted by atomic mass is 35.5. The van der Waals surface area contributed by atoms with E-state index in [4.69, 9.17) is 11.6 Å². The molecule has 0 saturated heterocycles. The third-order valence-electron chi connectivity index (χ3n) is 3.33. The van der Waals surface area contributed by atoms with E-state index in [2.05, 4.69) is 10.4 Å². The lowest BCUT2D eigenvalue weighted by Gasteiger charge is -2.13. The molecular weight excluding hydrogens is 308 g/mol. The Morgan fingerprint density at radius 2 is 2.09 bits per heavy atom. The molecule has 2 aromatic rings. The van der Waals surface area contributed by atoms with Crippen LogP contribution in [0.25, 0.3) is 0 Å². The molecule has 8 heteroatoms. The molecule has 0 saturated carbocycles. The summed E-state index contributed by atoms with van der Waals surface area (Å²) in [7, 11) is 1.63. The SMILES string of the molecule is CCc1nn(C)c(NCC(O)c2ccc(Cl)cc2)c1[N+](=O)[O-]. The zero-order valence-corrected chi connectivity index (χ0v) is 13.0. The average molecular weight is 325 g/mol. The van der Waals surface area contributed by atoms with Crippen LogP contribution in [0.1, 0.15) is 24.3 Å². The van der Waals surface area contributed by atoms with Gasteiger partial charge in [0.25, 0.3) is 0 Å². The predicted molar refractivity (Wildman–Crippen MR) is 84.1 cm³/mol. The molecule has 22 heavy (non-hydrogen) atoms. The number of nitro groups is 1. The molecule has 2 N–H and O–H groups in total. The maximum atomic E-state index is 11.2. The van der Waals surface area contributed by atoms with Crippen molar-refractivity contribution in [2.75, 3.05) is 11.9 Å². The molecule has 1 atom stereocenters. The van der Waals surface area contributed by atoms with Gasteiger partial charge in [-0.1, -0.05) is 30.7 Å². The molecule has 7 nitrogen and oxygen atoms in total. The Bertz CT molecular complexity index is 669. The van der Waals surface area contributed by atoms with Crippen LogP contribution in [-0.2, 0) is 13.5 Å². The van der Waals surface area contributed by atoms with Gasteiger partial charge in [-0.3, -0.25) is 10.1 Å². The van der Waals surface area contributed by atoms with E-state index in [0.29, 0.717) is 22.7 Å². The number of rotatable bonds is 6. The van der Waals surface area contributed by atoms with Crippen molar-refractivity contribution in [1.82, 2.24) is 9.78 Å². The van der Waals surface area contributed by atoms with Crippen LogP contribution in [0.4, 0.5) is 11.5 Å². The first kappa shape index (κ1) is 16.3. The Balaban J connectivity index is 2.16. The van der Waals surface area contributed by atoms with Gasteiger partial charge in [-0.05, 0) is 24.1 Å². The molecule has 0 fully saturated rings. The first-order valence-electron chi connectivity index (χ1n) is 6.81. The van der Waals surface area contributed by atoms with Crippen molar-refractivity contribution in [3.05, 3.63) is 50.7 Å². The Labute approximate surface area is 132 Å². The minimum absolute atomic E-state index is 0.0479. The summed E-state index contributed by atoms with van der Waals surface area (Å²) in [5, 5.41) is 29.0. The minimum Gasteiger partial charge on any atom is -0.387 e. The van der Waals surface area contributed by atoms with E-state index in [1.54, 1.807) is 31.3 Å². The molecule has 0 spiro atoms. The van der Waals surface area contributed by atoms with E-state index >= 15 is 0 Å². The molecule has 1 unspecified atom stereocenters. The Hall–Kier alpha value is -2.12. The van der Waals surface area contributed by atoms with Crippen LogP contribution in [0, 0.1) is 10.1 Å². The van der Waals surface area contributed by atoms with E-state index in [9.17, 15) is 15.2 Å². The number of nitrogens with zero attached hydrogens (tertiary/aromatic N) is 3.